The summed E-state index contributed by atoms with van der Waals surface area (Å²) in [5.74, 6) is -0.510. The Hall–Kier alpha value is -1.49. The van der Waals surface area contributed by atoms with Crippen LogP contribution in [0.2, 0.25) is 0 Å². The zero-order chi connectivity index (χ0) is 20.4. The third-order valence-electron chi connectivity index (χ3n) is 5.01. The minimum Gasteiger partial charge on any atom is -0.376 e. The molecule has 2 aromatic heterocycles. The SMILES string of the molecule is CSc1ncc(Br)c(C(=O)Nc2sc3c(c2C(=O)NCC2CCCO2)CCC3)n1. The molecule has 2 N–H and O–H groups in total. The second-order valence-electron chi connectivity index (χ2n) is 6.91. The maximum Gasteiger partial charge on any atom is 0.276 e. The number of carbonyl (C=O) groups excluding carboxylic acids is 2. The summed E-state index contributed by atoms with van der Waals surface area (Å²) in [5.41, 5.74) is 1.90. The normalized spacial score (nSPS) is 17.9. The van der Waals surface area contributed by atoms with Gasteiger partial charge in [0.25, 0.3) is 11.8 Å². The topological polar surface area (TPSA) is 93.2 Å². The van der Waals surface area contributed by atoms with Crippen molar-refractivity contribution in [2.45, 2.75) is 43.4 Å². The molecule has 7 nitrogen and oxygen atoms in total. The van der Waals surface area contributed by atoms with Crippen molar-refractivity contribution in [2.24, 2.45) is 0 Å². The number of amides is 2. The van der Waals surface area contributed by atoms with Crippen LogP contribution in [-0.2, 0) is 17.6 Å². The van der Waals surface area contributed by atoms with E-state index >= 15 is 0 Å². The summed E-state index contributed by atoms with van der Waals surface area (Å²) in [4.78, 5) is 35.5. The Kier molecular flexibility index (Phi) is 6.53. The minimum absolute atomic E-state index is 0.0746. The largest absolute Gasteiger partial charge is 0.376 e. The molecule has 1 atom stereocenters. The molecule has 1 aliphatic carbocycles. The van der Waals surface area contributed by atoms with Crippen molar-refractivity contribution in [1.29, 1.82) is 0 Å². The highest BCUT2D eigenvalue weighted by Crippen LogP contribution is 2.39. The lowest BCUT2D eigenvalue weighted by Crippen LogP contribution is -2.32. The highest BCUT2D eigenvalue weighted by Gasteiger charge is 2.29. The number of halogens is 1. The number of fused-ring (bicyclic) bond motifs is 1. The van der Waals surface area contributed by atoms with Gasteiger partial charge < -0.3 is 15.4 Å². The van der Waals surface area contributed by atoms with E-state index in [0.29, 0.717) is 26.7 Å². The number of anilines is 1. The van der Waals surface area contributed by atoms with Gasteiger partial charge in [-0.25, -0.2) is 9.97 Å². The third-order valence-corrected chi connectivity index (χ3v) is 7.36. The lowest BCUT2D eigenvalue weighted by atomic mass is 10.1. The zero-order valence-corrected chi connectivity index (χ0v) is 19.1. The van der Waals surface area contributed by atoms with Gasteiger partial charge >= 0.3 is 0 Å². The number of carbonyl (C=O) groups is 2. The number of thiophene rings is 1. The third kappa shape index (κ3) is 4.50. The quantitative estimate of drug-likeness (QED) is 0.468. The first-order valence-corrected chi connectivity index (χ1v) is 12.3. The maximum atomic E-state index is 13.0. The van der Waals surface area contributed by atoms with Gasteiger partial charge in [0.15, 0.2) is 5.16 Å². The van der Waals surface area contributed by atoms with E-state index in [0.717, 1.165) is 44.3 Å². The Labute approximate surface area is 185 Å². The lowest BCUT2D eigenvalue weighted by Gasteiger charge is -2.13. The average Bonchev–Trinajstić information content (AvgIpc) is 3.44. The van der Waals surface area contributed by atoms with Crippen LogP contribution in [0.3, 0.4) is 0 Å². The molecule has 0 radical (unpaired) electrons. The molecule has 1 saturated heterocycles. The Morgan fingerprint density at radius 2 is 2.21 bits per heavy atom. The van der Waals surface area contributed by atoms with Gasteiger partial charge in [-0.15, -0.1) is 11.3 Å². The average molecular weight is 497 g/mol. The van der Waals surface area contributed by atoms with Crippen LogP contribution < -0.4 is 10.6 Å². The number of aryl methyl sites for hydroxylation is 1. The number of rotatable bonds is 6. The number of hydrogen-bond acceptors (Lipinski definition) is 7. The van der Waals surface area contributed by atoms with Gasteiger partial charge in [0, 0.05) is 24.2 Å². The first-order valence-electron chi connectivity index (χ1n) is 9.49. The maximum absolute atomic E-state index is 13.0. The molecule has 1 aliphatic heterocycles. The highest BCUT2D eigenvalue weighted by atomic mass is 79.9. The number of thioether (sulfide) groups is 1. The fraction of sp³-hybridized carbons (Fsp3) is 0.474. The summed E-state index contributed by atoms with van der Waals surface area (Å²) in [5, 5.41) is 7.01. The fourth-order valence-electron chi connectivity index (χ4n) is 3.60. The standard InChI is InChI=1S/C19H21BrN4O3S2/c1-28-19-22-9-12(20)15(23-19)17(26)24-18-14(11-5-2-6-13(11)29-18)16(25)21-8-10-4-3-7-27-10/h9-10H,2-8H2,1H3,(H,21,25)(H,24,26). The molecule has 2 aromatic rings. The van der Waals surface area contributed by atoms with E-state index in [1.807, 2.05) is 6.26 Å². The van der Waals surface area contributed by atoms with Crippen molar-refractivity contribution in [3.8, 4) is 0 Å². The second kappa shape index (κ2) is 9.11. The Morgan fingerprint density at radius 1 is 1.34 bits per heavy atom. The summed E-state index contributed by atoms with van der Waals surface area (Å²) in [6.45, 7) is 1.24. The lowest BCUT2D eigenvalue weighted by molar-refractivity contribution is 0.0858. The monoisotopic (exact) mass is 496 g/mol. The number of hydrogen-bond donors (Lipinski definition) is 2. The van der Waals surface area contributed by atoms with E-state index in [4.69, 9.17) is 4.74 Å². The van der Waals surface area contributed by atoms with Crippen LogP contribution in [0.1, 0.15) is 50.5 Å². The second-order valence-corrected chi connectivity index (χ2v) is 9.65. The molecule has 4 rings (SSSR count). The van der Waals surface area contributed by atoms with Crippen LogP contribution in [0, 0.1) is 0 Å². The molecule has 2 aliphatic rings. The predicted molar refractivity (Wildman–Crippen MR) is 117 cm³/mol. The molecular weight excluding hydrogens is 476 g/mol. The highest BCUT2D eigenvalue weighted by molar-refractivity contribution is 9.10. The van der Waals surface area contributed by atoms with E-state index in [2.05, 4.69) is 36.5 Å². The van der Waals surface area contributed by atoms with Crippen molar-refractivity contribution in [2.75, 3.05) is 24.7 Å². The van der Waals surface area contributed by atoms with Crippen molar-refractivity contribution in [1.82, 2.24) is 15.3 Å². The molecule has 1 unspecified atom stereocenters. The molecule has 29 heavy (non-hydrogen) atoms. The minimum atomic E-state index is -0.359. The number of nitrogens with zero attached hydrogens (tertiary/aromatic N) is 2. The van der Waals surface area contributed by atoms with E-state index < -0.39 is 0 Å². The van der Waals surface area contributed by atoms with Gasteiger partial charge in [-0.2, -0.15) is 0 Å². The summed E-state index contributed by atoms with van der Waals surface area (Å²) < 4.78 is 6.11. The van der Waals surface area contributed by atoms with Crippen molar-refractivity contribution in [3.63, 3.8) is 0 Å². The predicted octanol–water partition coefficient (Wildman–Crippen LogP) is 3.67. The van der Waals surface area contributed by atoms with Crippen LogP contribution in [0.25, 0.3) is 0 Å². The molecule has 3 heterocycles. The molecule has 2 amide bonds. The van der Waals surface area contributed by atoms with Gasteiger partial charge in [-0.1, -0.05) is 11.8 Å². The van der Waals surface area contributed by atoms with Crippen LogP contribution in [0.15, 0.2) is 15.8 Å². The van der Waals surface area contributed by atoms with Gasteiger partial charge in [-0.05, 0) is 59.9 Å². The summed E-state index contributed by atoms with van der Waals surface area (Å²) >= 11 is 6.19. The Balaban J connectivity index is 1.56. The Bertz CT molecular complexity index is 944. The molecule has 0 aromatic carbocycles. The summed E-state index contributed by atoms with van der Waals surface area (Å²) in [6.07, 6.45) is 8.32. The fourth-order valence-corrected chi connectivity index (χ4v) is 5.60. The molecule has 0 saturated carbocycles. The molecule has 0 bridgehead atoms. The number of aromatic nitrogens is 2. The zero-order valence-electron chi connectivity index (χ0n) is 15.9. The van der Waals surface area contributed by atoms with Gasteiger partial charge in [0.05, 0.1) is 16.1 Å². The molecule has 1 fully saturated rings. The molecule has 10 heteroatoms. The first kappa shape index (κ1) is 20.8. The Morgan fingerprint density at radius 3 is 2.97 bits per heavy atom. The van der Waals surface area contributed by atoms with Crippen molar-refractivity contribution < 1.29 is 14.3 Å². The molecule has 0 spiro atoms. The van der Waals surface area contributed by atoms with Gasteiger partial charge in [0.2, 0.25) is 0 Å². The van der Waals surface area contributed by atoms with Crippen LogP contribution >= 0.6 is 39.0 Å². The molecular formula is C19H21BrN4O3S2. The first-order chi connectivity index (χ1) is 14.1. The summed E-state index contributed by atoms with van der Waals surface area (Å²) in [7, 11) is 0. The van der Waals surface area contributed by atoms with Crippen molar-refractivity contribution >= 4 is 55.8 Å². The van der Waals surface area contributed by atoms with Crippen LogP contribution in [-0.4, -0.2) is 47.3 Å². The van der Waals surface area contributed by atoms with Crippen molar-refractivity contribution in [3.05, 3.63) is 32.4 Å². The van der Waals surface area contributed by atoms with E-state index in [1.165, 1.54) is 28.0 Å². The smallest absolute Gasteiger partial charge is 0.276 e. The molecule has 154 valence electrons. The van der Waals surface area contributed by atoms with Crippen LogP contribution in [0.4, 0.5) is 5.00 Å². The van der Waals surface area contributed by atoms with E-state index in [9.17, 15) is 9.59 Å². The van der Waals surface area contributed by atoms with Gasteiger partial charge in [-0.3, -0.25) is 9.59 Å². The van der Waals surface area contributed by atoms with E-state index in [-0.39, 0.29) is 23.6 Å². The summed E-state index contributed by atoms with van der Waals surface area (Å²) in [6, 6.07) is 0. The van der Waals surface area contributed by atoms with E-state index in [1.54, 1.807) is 6.20 Å². The van der Waals surface area contributed by atoms with Gasteiger partial charge in [0.1, 0.15) is 10.7 Å². The van der Waals surface area contributed by atoms with Crippen LogP contribution in [0.5, 0.6) is 0 Å². The number of nitrogens with one attached hydrogen (secondary N) is 2. The number of ether oxygens (including phenoxy) is 1.